The molecule has 2 rings (SSSR count). The fourth-order valence-corrected chi connectivity index (χ4v) is 2.55. The van der Waals surface area contributed by atoms with Crippen LogP contribution in [0.25, 0.3) is 0 Å². The lowest BCUT2D eigenvalue weighted by atomic mass is 10.3. The molecule has 3 heteroatoms. The Bertz CT molecular complexity index is 266. The van der Waals surface area contributed by atoms with E-state index in [9.17, 15) is 0 Å². The van der Waals surface area contributed by atoms with Gasteiger partial charge in [-0.05, 0) is 13.6 Å². The van der Waals surface area contributed by atoms with E-state index in [4.69, 9.17) is 0 Å². The van der Waals surface area contributed by atoms with Crippen LogP contribution < -0.4 is 0 Å². The molecule has 0 radical (unpaired) electrons. The largest absolute Gasteiger partial charge is 0.278 e. The lowest BCUT2D eigenvalue weighted by Gasteiger charge is -2.36. The van der Waals surface area contributed by atoms with Gasteiger partial charge in [-0.1, -0.05) is 6.92 Å². The minimum atomic E-state index is 0.511. The molecule has 84 valence electrons. The second-order valence-corrected chi connectivity index (χ2v) is 4.35. The predicted octanol–water partition coefficient (Wildman–Crippen LogP) is 0.636. The summed E-state index contributed by atoms with van der Waals surface area (Å²) in [5.74, 6) is 6.50. The van der Waals surface area contributed by atoms with E-state index in [1.807, 2.05) is 0 Å². The average Bonchev–Trinajstić information content (AvgIpc) is 2.66. The van der Waals surface area contributed by atoms with E-state index in [2.05, 4.69) is 40.5 Å². The summed E-state index contributed by atoms with van der Waals surface area (Å²) >= 11 is 0. The molecule has 2 aliphatic heterocycles. The Balaban J connectivity index is 2.09. The van der Waals surface area contributed by atoms with Crippen molar-refractivity contribution in [2.75, 3.05) is 39.8 Å². The van der Waals surface area contributed by atoms with Crippen molar-refractivity contribution < 1.29 is 0 Å². The van der Waals surface area contributed by atoms with Crippen molar-refractivity contribution >= 4 is 0 Å². The van der Waals surface area contributed by atoms with E-state index in [1.165, 1.54) is 13.1 Å². The van der Waals surface area contributed by atoms with Crippen molar-refractivity contribution in [2.45, 2.75) is 26.1 Å². The van der Waals surface area contributed by atoms with Crippen molar-refractivity contribution in [2.24, 2.45) is 0 Å². The van der Waals surface area contributed by atoms with Gasteiger partial charge >= 0.3 is 0 Å². The van der Waals surface area contributed by atoms with Crippen molar-refractivity contribution in [1.82, 2.24) is 14.7 Å². The van der Waals surface area contributed by atoms with Crippen LogP contribution in [0.4, 0.5) is 0 Å². The molecule has 2 heterocycles. The first-order valence-corrected chi connectivity index (χ1v) is 5.97. The van der Waals surface area contributed by atoms with Gasteiger partial charge in [0.1, 0.15) is 6.29 Å². The molecular formula is C12H21N3. The fourth-order valence-electron chi connectivity index (χ4n) is 2.55. The Hall–Kier alpha value is -0.560. The molecule has 15 heavy (non-hydrogen) atoms. The van der Waals surface area contributed by atoms with Crippen molar-refractivity contribution in [3.05, 3.63) is 0 Å². The number of hydrogen-bond donors (Lipinski definition) is 0. The molecule has 0 amide bonds. The van der Waals surface area contributed by atoms with Crippen LogP contribution in [-0.4, -0.2) is 60.8 Å². The lowest BCUT2D eigenvalue weighted by Crippen LogP contribution is -2.50. The molecule has 1 saturated heterocycles. The molecule has 0 aromatic rings. The highest BCUT2D eigenvalue weighted by molar-refractivity contribution is 5.01. The first-order chi connectivity index (χ1) is 7.33. The maximum absolute atomic E-state index is 3.26. The van der Waals surface area contributed by atoms with Gasteiger partial charge in [0.05, 0.1) is 0 Å². The monoisotopic (exact) mass is 207 g/mol. The second kappa shape index (κ2) is 4.98. The standard InChI is InChI=1S/C12H21N3/c1-3-14-10-11-15-9-7-5-4-6-8-13(2)12(14)15/h12H,3,6-11H2,1-2H3. The molecule has 1 atom stereocenters. The first kappa shape index (κ1) is 10.9. The second-order valence-electron chi connectivity index (χ2n) is 4.35. The Kier molecular flexibility index (Phi) is 3.63. The highest BCUT2D eigenvalue weighted by Crippen LogP contribution is 2.18. The molecular weight excluding hydrogens is 186 g/mol. The molecule has 0 aromatic heterocycles. The third kappa shape index (κ3) is 2.34. The summed E-state index contributed by atoms with van der Waals surface area (Å²) in [6, 6.07) is 0. The zero-order valence-corrected chi connectivity index (χ0v) is 9.87. The number of fused-ring (bicyclic) bond motifs is 1. The zero-order chi connectivity index (χ0) is 10.7. The Morgan fingerprint density at radius 1 is 1.07 bits per heavy atom. The normalized spacial score (nSPS) is 29.9. The van der Waals surface area contributed by atoms with E-state index in [-0.39, 0.29) is 0 Å². The molecule has 2 aliphatic rings. The molecule has 1 unspecified atom stereocenters. The molecule has 3 nitrogen and oxygen atoms in total. The molecule has 0 aliphatic carbocycles. The topological polar surface area (TPSA) is 9.72 Å². The van der Waals surface area contributed by atoms with Gasteiger partial charge in [-0.15, -0.1) is 11.8 Å². The Labute approximate surface area is 93.0 Å². The summed E-state index contributed by atoms with van der Waals surface area (Å²) in [4.78, 5) is 7.55. The summed E-state index contributed by atoms with van der Waals surface area (Å²) in [5, 5.41) is 0. The molecule has 0 spiro atoms. The Morgan fingerprint density at radius 2 is 1.80 bits per heavy atom. The van der Waals surface area contributed by atoms with Gasteiger partial charge in [0.15, 0.2) is 0 Å². The quantitative estimate of drug-likeness (QED) is 0.584. The van der Waals surface area contributed by atoms with Crippen molar-refractivity contribution in [1.29, 1.82) is 0 Å². The molecule has 0 N–H and O–H groups in total. The third-order valence-corrected chi connectivity index (χ3v) is 3.37. The van der Waals surface area contributed by atoms with Gasteiger partial charge in [-0.25, -0.2) is 0 Å². The minimum absolute atomic E-state index is 0.511. The van der Waals surface area contributed by atoms with E-state index >= 15 is 0 Å². The van der Waals surface area contributed by atoms with Crippen molar-refractivity contribution in [3.63, 3.8) is 0 Å². The lowest BCUT2D eigenvalue weighted by molar-refractivity contribution is 0.00702. The minimum Gasteiger partial charge on any atom is -0.278 e. The summed E-state index contributed by atoms with van der Waals surface area (Å²) in [6.07, 6.45) is 2.55. The number of likely N-dealkylation sites (N-methyl/N-ethyl adjacent to an activating group) is 1. The number of nitrogens with zero attached hydrogens (tertiary/aromatic N) is 3. The van der Waals surface area contributed by atoms with Gasteiger partial charge < -0.3 is 0 Å². The van der Waals surface area contributed by atoms with Crippen LogP contribution in [0.1, 0.15) is 19.8 Å². The van der Waals surface area contributed by atoms with Crippen LogP contribution in [0, 0.1) is 11.8 Å². The van der Waals surface area contributed by atoms with E-state index in [0.29, 0.717) is 6.29 Å². The number of rotatable bonds is 1. The van der Waals surface area contributed by atoms with E-state index in [0.717, 1.165) is 32.5 Å². The maximum Gasteiger partial charge on any atom is 0.119 e. The van der Waals surface area contributed by atoms with Crippen LogP contribution in [-0.2, 0) is 0 Å². The summed E-state index contributed by atoms with van der Waals surface area (Å²) in [6.45, 7) is 8.01. The van der Waals surface area contributed by atoms with Crippen LogP contribution in [0.2, 0.25) is 0 Å². The fraction of sp³-hybridized carbons (Fsp3) is 0.833. The van der Waals surface area contributed by atoms with Gasteiger partial charge in [0.2, 0.25) is 0 Å². The van der Waals surface area contributed by atoms with Gasteiger partial charge in [-0.2, -0.15) is 0 Å². The highest BCUT2D eigenvalue weighted by Gasteiger charge is 2.33. The Morgan fingerprint density at radius 3 is 2.53 bits per heavy atom. The average molecular weight is 207 g/mol. The molecule has 0 aromatic carbocycles. The first-order valence-electron chi connectivity index (χ1n) is 5.97. The van der Waals surface area contributed by atoms with Gasteiger partial charge in [-0.3, -0.25) is 14.7 Å². The molecule has 0 bridgehead atoms. The van der Waals surface area contributed by atoms with Crippen LogP contribution in [0.5, 0.6) is 0 Å². The van der Waals surface area contributed by atoms with Crippen LogP contribution >= 0.6 is 0 Å². The predicted molar refractivity (Wildman–Crippen MR) is 62.2 cm³/mol. The van der Waals surface area contributed by atoms with Gasteiger partial charge in [0, 0.05) is 39.0 Å². The summed E-state index contributed by atoms with van der Waals surface area (Å²) in [7, 11) is 2.22. The number of hydrogen-bond acceptors (Lipinski definition) is 3. The van der Waals surface area contributed by atoms with E-state index < -0.39 is 0 Å². The smallest absolute Gasteiger partial charge is 0.119 e. The van der Waals surface area contributed by atoms with E-state index in [1.54, 1.807) is 0 Å². The SMILES string of the molecule is CCN1CCN2CCC#CCCN(C)C12. The van der Waals surface area contributed by atoms with Crippen LogP contribution in [0.15, 0.2) is 0 Å². The van der Waals surface area contributed by atoms with Gasteiger partial charge in [0.25, 0.3) is 0 Å². The third-order valence-electron chi connectivity index (χ3n) is 3.37. The summed E-state index contributed by atoms with van der Waals surface area (Å²) < 4.78 is 0. The summed E-state index contributed by atoms with van der Waals surface area (Å²) in [5.41, 5.74) is 0. The highest BCUT2D eigenvalue weighted by atomic mass is 15.5. The van der Waals surface area contributed by atoms with Crippen molar-refractivity contribution in [3.8, 4) is 11.8 Å². The zero-order valence-electron chi connectivity index (χ0n) is 9.87. The maximum atomic E-state index is 3.26. The van der Waals surface area contributed by atoms with Crippen LogP contribution in [0.3, 0.4) is 0 Å². The molecule has 0 saturated carbocycles. The molecule has 1 fully saturated rings.